The fraction of sp³-hybridized carbons (Fsp3) is 0. The van der Waals surface area contributed by atoms with Crippen LogP contribution in [0.25, 0.3) is 191 Å². The summed E-state index contributed by atoms with van der Waals surface area (Å²) < 4.78 is 28.9. The molecule has 0 spiro atoms. The number of nitrogens with zero attached hydrogens (tertiary/aromatic N) is 13. The molecule has 15 nitrogen and oxygen atoms in total. The summed E-state index contributed by atoms with van der Waals surface area (Å²) in [5.41, 5.74) is 26.1. The van der Waals surface area contributed by atoms with Crippen LogP contribution in [0.15, 0.2) is 489 Å². The van der Waals surface area contributed by atoms with Gasteiger partial charge in [0.25, 0.3) is 0 Å². The summed E-state index contributed by atoms with van der Waals surface area (Å²) >= 11 is 0. The Morgan fingerprint density at radius 1 is 0.168 bits per heavy atom. The molecule has 137 heavy (non-hydrogen) atoms. The van der Waals surface area contributed by atoms with E-state index in [0.717, 1.165) is 134 Å². The molecule has 0 bridgehead atoms. The Hall–Kier alpha value is -18.4. The van der Waals surface area contributed by atoms with E-state index in [1.165, 1.54) is 0 Å². The maximum Gasteiger partial charge on any atom is 0.241 e. The lowest BCUT2D eigenvalue weighted by molar-refractivity contribution is 0.598. The Bertz CT molecular complexity index is 8030. The van der Waals surface area contributed by atoms with Gasteiger partial charge in [0.2, 0.25) is 27.7 Å². The van der Waals surface area contributed by atoms with Crippen LogP contribution in [0, 0.1) is 0 Å². The van der Waals surface area contributed by atoms with Crippen molar-refractivity contribution < 1.29 is 8.42 Å². The van der Waals surface area contributed by atoms with Crippen molar-refractivity contribution in [1.82, 2.24) is 54.8 Å². The van der Waals surface area contributed by atoms with Crippen molar-refractivity contribution in [2.45, 2.75) is 9.79 Å². The molecule has 0 radical (unpaired) electrons. The van der Waals surface area contributed by atoms with Crippen LogP contribution in [0.4, 0.5) is 35.0 Å². The maximum absolute atomic E-state index is 14.4. The minimum atomic E-state index is -3.91. The van der Waals surface area contributed by atoms with Crippen LogP contribution in [0.3, 0.4) is 0 Å². The van der Waals surface area contributed by atoms with Crippen LogP contribution in [-0.2, 0) is 9.84 Å². The van der Waals surface area contributed by atoms with Gasteiger partial charge in [-0.3, -0.25) is 9.88 Å². The molecular formula is C121H79N13O2S. The zero-order valence-electron chi connectivity index (χ0n) is 73.6. The Balaban J connectivity index is 0.676. The zero-order valence-corrected chi connectivity index (χ0v) is 74.5. The molecule has 4 aromatic heterocycles. The van der Waals surface area contributed by atoms with Crippen LogP contribution in [-0.4, -0.2) is 63.2 Å². The number of hydrogen-bond donors (Lipinski definition) is 0. The predicted octanol–water partition coefficient (Wildman–Crippen LogP) is 29.5. The molecule has 5 heterocycles. The third-order valence-corrected chi connectivity index (χ3v) is 26.5. The third-order valence-electron chi connectivity index (χ3n) is 24.6. The molecule has 16 heteroatoms. The van der Waals surface area contributed by atoms with Gasteiger partial charge in [0.15, 0.2) is 40.8 Å². The molecule has 23 rings (SSSR count). The highest BCUT2D eigenvalue weighted by Gasteiger charge is 2.35. The largest absolute Gasteiger partial charge is 0.261 e. The van der Waals surface area contributed by atoms with Gasteiger partial charge in [0.05, 0.1) is 39.3 Å². The first-order valence-corrected chi connectivity index (χ1v) is 46.6. The average Bonchev–Trinajstić information content (AvgIpc) is 1.59. The summed E-state index contributed by atoms with van der Waals surface area (Å²) in [6, 6.07) is 158. The summed E-state index contributed by atoms with van der Waals surface area (Å²) in [5, 5.41) is 0. The molecule has 0 saturated carbocycles. The van der Waals surface area contributed by atoms with Gasteiger partial charge in [-0.1, -0.05) is 364 Å². The normalized spacial score (nSPS) is 11.8. The molecule has 0 fully saturated rings. The smallest absolute Gasteiger partial charge is 0.241 e. The molecular weight excluding hydrogens is 1700 g/mol. The first-order chi connectivity index (χ1) is 67.6. The average molecular weight is 1780 g/mol. The number of para-hydroxylation sites is 1. The maximum atomic E-state index is 14.4. The highest BCUT2D eigenvalue weighted by molar-refractivity contribution is 7.92. The lowest BCUT2D eigenvalue weighted by atomic mass is 9.94. The number of aromatic nitrogens is 11. The van der Waals surface area contributed by atoms with Crippen molar-refractivity contribution in [3.8, 4) is 191 Å². The van der Waals surface area contributed by atoms with Crippen LogP contribution in [0.2, 0.25) is 0 Å². The number of hydrogen-bond acceptors (Lipinski definition) is 15. The van der Waals surface area contributed by atoms with Crippen molar-refractivity contribution in [2.24, 2.45) is 0 Å². The van der Waals surface area contributed by atoms with Crippen molar-refractivity contribution >= 4 is 44.9 Å². The van der Waals surface area contributed by atoms with E-state index in [1.54, 1.807) is 35.5 Å². The Labute approximate surface area is 792 Å². The second-order valence-corrected chi connectivity index (χ2v) is 35.3. The summed E-state index contributed by atoms with van der Waals surface area (Å²) in [7, 11) is -3.91. The van der Waals surface area contributed by atoms with Crippen LogP contribution >= 0.6 is 0 Å². The van der Waals surface area contributed by atoms with E-state index in [4.69, 9.17) is 54.8 Å². The van der Waals surface area contributed by atoms with Gasteiger partial charge in [-0.2, -0.15) is 29.9 Å². The van der Waals surface area contributed by atoms with Gasteiger partial charge >= 0.3 is 0 Å². The number of sulfone groups is 1. The lowest BCUT2D eigenvalue weighted by Crippen LogP contribution is -2.19. The van der Waals surface area contributed by atoms with Gasteiger partial charge in [-0.25, -0.2) is 33.3 Å². The lowest BCUT2D eigenvalue weighted by Gasteiger charge is -2.23. The van der Waals surface area contributed by atoms with Crippen LogP contribution < -0.4 is 9.80 Å². The van der Waals surface area contributed by atoms with Crippen molar-refractivity contribution in [1.29, 1.82) is 0 Å². The van der Waals surface area contributed by atoms with E-state index < -0.39 is 9.84 Å². The standard InChI is InChI=1S/C121H79N13O2S/c135-137(136)110-54-32-31-53-107(110)108-64-63-106(77-111(108)137)133(112-79-122-109(78-123-112)90-47-25-8-26-48-90)119-127-113(91-49-27-9-28-50-91)124-114(128-119)92-61-59-88(60-62-92)87-55-57-89(58-56-87)100-68-99(86-45-23-7-24-46-86)75-104(76-100)118-126-117(103-73-97(84-41-19-5-20-42-84)67-98(74-103)85-43-21-6-22-44-85)131-121(132-118)134(105-51-29-10-30-52-105)120-129-115(101-69-93(80-33-11-1-12-34-80)65-94(70-101)81-35-13-2-14-36-81)125-116(130-120)102-71-95(82-37-15-3-16-38-82)66-96(72-102)83-39-17-4-18-40-83/h1-79H. The van der Waals surface area contributed by atoms with E-state index >= 15 is 0 Å². The summed E-state index contributed by atoms with van der Waals surface area (Å²) in [4.78, 5) is 63.9. The Morgan fingerprint density at radius 3 is 0.745 bits per heavy atom. The third kappa shape index (κ3) is 17.1. The highest BCUT2D eigenvalue weighted by atomic mass is 32.2. The van der Waals surface area contributed by atoms with Gasteiger partial charge in [0, 0.05) is 50.1 Å². The van der Waals surface area contributed by atoms with Gasteiger partial charge in [0.1, 0.15) is 0 Å². The minimum Gasteiger partial charge on any atom is -0.261 e. The zero-order chi connectivity index (χ0) is 91.5. The molecule has 22 aromatic rings. The molecule has 0 atom stereocenters. The van der Waals surface area contributed by atoms with Crippen LogP contribution in [0.1, 0.15) is 0 Å². The molecule has 0 amide bonds. The molecule has 0 unspecified atom stereocenters. The van der Waals surface area contributed by atoms with Crippen LogP contribution in [0.5, 0.6) is 0 Å². The molecule has 0 aliphatic carbocycles. The molecule has 646 valence electrons. The van der Waals surface area contributed by atoms with Crippen molar-refractivity contribution in [3.63, 3.8) is 0 Å². The number of fused-ring (bicyclic) bond motifs is 3. The van der Waals surface area contributed by atoms with E-state index in [-0.39, 0.29) is 27.6 Å². The first kappa shape index (κ1) is 83.0. The quantitative estimate of drug-likeness (QED) is 0.0624. The molecule has 0 N–H and O–H groups in total. The number of rotatable bonds is 22. The highest BCUT2D eigenvalue weighted by Crippen LogP contribution is 2.48. The van der Waals surface area contributed by atoms with Gasteiger partial charge < -0.3 is 0 Å². The topological polar surface area (TPSA) is 182 Å². The predicted molar refractivity (Wildman–Crippen MR) is 549 cm³/mol. The molecule has 1 aliphatic rings. The first-order valence-electron chi connectivity index (χ1n) is 45.1. The van der Waals surface area contributed by atoms with Gasteiger partial charge in [-0.05, 0) is 203 Å². The fourth-order valence-corrected chi connectivity index (χ4v) is 19.5. The SMILES string of the molecule is O=S1(=O)c2ccccc2-c2ccc(N(c3cnc(-c4ccccc4)cn3)c3nc(-c4ccccc4)nc(-c4ccc(-c5ccc(-c6cc(-c7ccccc7)cc(-c7nc(-c8cc(-c9ccccc9)cc(-c9ccccc9)c8)nc(N(c8ccccc8)c8nc(-c9cc(-c%10ccccc%10)cc(-c%10ccccc%10)c9)nc(-c9cc(-c%10ccccc%10)cc(-c%10ccccc%10)c9)n8)n7)c6)cc5)cc4)n3)cc21. The fourth-order valence-electron chi connectivity index (χ4n) is 17.8. The monoisotopic (exact) mass is 1780 g/mol. The molecule has 0 saturated heterocycles. The summed E-state index contributed by atoms with van der Waals surface area (Å²) in [5.74, 6) is 3.45. The minimum absolute atomic E-state index is 0.166. The van der Waals surface area contributed by atoms with E-state index in [0.29, 0.717) is 74.5 Å². The van der Waals surface area contributed by atoms with E-state index in [2.05, 4.69) is 279 Å². The van der Waals surface area contributed by atoms with E-state index in [1.807, 2.05) is 175 Å². The van der Waals surface area contributed by atoms with Gasteiger partial charge in [-0.15, -0.1) is 0 Å². The second-order valence-electron chi connectivity index (χ2n) is 33.4. The second kappa shape index (κ2) is 36.4. The van der Waals surface area contributed by atoms with E-state index in [9.17, 15) is 8.42 Å². The number of anilines is 6. The van der Waals surface area contributed by atoms with Crippen molar-refractivity contribution in [3.05, 3.63) is 480 Å². The number of benzene rings is 18. The summed E-state index contributed by atoms with van der Waals surface area (Å²) in [6.45, 7) is 0. The Kier molecular flexibility index (Phi) is 22.1. The molecule has 18 aromatic carbocycles. The molecule has 1 aliphatic heterocycles. The van der Waals surface area contributed by atoms with Crippen molar-refractivity contribution in [2.75, 3.05) is 9.80 Å². The Morgan fingerprint density at radius 2 is 0.416 bits per heavy atom. The summed E-state index contributed by atoms with van der Waals surface area (Å²) in [6.07, 6.45) is 3.36.